The molecule has 6 N–H and O–H groups in total. The Morgan fingerprint density at radius 3 is 2.00 bits per heavy atom. The summed E-state index contributed by atoms with van der Waals surface area (Å²) < 4.78 is 5.34. The van der Waals surface area contributed by atoms with Crippen molar-refractivity contribution in [1.29, 1.82) is 0 Å². The first-order valence-corrected chi connectivity index (χ1v) is 12.3. The third kappa shape index (κ3) is 15.8. The Bertz CT molecular complexity index is 664. The monoisotopic (exact) mass is 484 g/mol. The van der Waals surface area contributed by atoms with Crippen LogP contribution in [0.2, 0.25) is 0 Å². The van der Waals surface area contributed by atoms with Crippen LogP contribution < -0.4 is 22.1 Å². The summed E-state index contributed by atoms with van der Waals surface area (Å²) >= 11 is 4.44. The van der Waals surface area contributed by atoms with E-state index in [0.29, 0.717) is 32.8 Å². The van der Waals surface area contributed by atoms with Crippen molar-refractivity contribution in [1.82, 2.24) is 10.6 Å². The SMILES string of the molecule is CC.CC.CC(NC(=O)Cc1ccc(CN)cc1)C(=O)NCC(C)(C)COCC(C)(S)CN. The molecular formula is C25H48N4O3S. The maximum atomic E-state index is 12.3. The molecule has 33 heavy (non-hydrogen) atoms. The van der Waals surface area contributed by atoms with Crippen LogP contribution in [0.4, 0.5) is 0 Å². The van der Waals surface area contributed by atoms with E-state index in [9.17, 15) is 9.59 Å². The van der Waals surface area contributed by atoms with Gasteiger partial charge in [-0.25, -0.2) is 0 Å². The predicted molar refractivity (Wildman–Crippen MR) is 142 cm³/mol. The number of carbonyl (C=O) groups is 2. The molecule has 2 atom stereocenters. The third-order valence-electron chi connectivity index (χ3n) is 4.48. The van der Waals surface area contributed by atoms with E-state index in [2.05, 4.69) is 23.3 Å². The van der Waals surface area contributed by atoms with Gasteiger partial charge in [0.25, 0.3) is 0 Å². The highest BCUT2D eigenvalue weighted by atomic mass is 32.1. The van der Waals surface area contributed by atoms with Crippen LogP contribution in [0.15, 0.2) is 24.3 Å². The quantitative estimate of drug-likeness (QED) is 0.292. The zero-order chi connectivity index (χ0) is 26.1. The number of nitrogens with one attached hydrogen (secondary N) is 2. The molecule has 7 nitrogen and oxygen atoms in total. The topological polar surface area (TPSA) is 119 Å². The molecule has 0 saturated heterocycles. The largest absolute Gasteiger partial charge is 0.379 e. The van der Waals surface area contributed by atoms with Gasteiger partial charge in [-0.1, -0.05) is 65.8 Å². The first kappa shape index (κ1) is 33.6. The van der Waals surface area contributed by atoms with Gasteiger partial charge in [-0.05, 0) is 25.0 Å². The average Bonchev–Trinajstić information content (AvgIpc) is 2.80. The average molecular weight is 485 g/mol. The van der Waals surface area contributed by atoms with Gasteiger partial charge >= 0.3 is 0 Å². The number of rotatable bonds is 12. The summed E-state index contributed by atoms with van der Waals surface area (Å²) in [6.07, 6.45) is 0.214. The minimum Gasteiger partial charge on any atom is -0.379 e. The number of hydrogen-bond donors (Lipinski definition) is 5. The van der Waals surface area contributed by atoms with Crippen LogP contribution >= 0.6 is 12.6 Å². The van der Waals surface area contributed by atoms with Crippen LogP contribution in [0.25, 0.3) is 0 Å². The van der Waals surface area contributed by atoms with Crippen molar-refractivity contribution in [3.05, 3.63) is 35.4 Å². The summed E-state index contributed by atoms with van der Waals surface area (Å²) in [5.41, 5.74) is 12.8. The maximum absolute atomic E-state index is 12.3. The second-order valence-corrected chi connectivity index (χ2v) is 9.64. The highest BCUT2D eigenvalue weighted by Gasteiger charge is 2.24. The lowest BCUT2D eigenvalue weighted by atomic mass is 9.94. The molecule has 0 aliphatic heterocycles. The summed E-state index contributed by atoms with van der Waals surface area (Å²) in [7, 11) is 0. The van der Waals surface area contributed by atoms with Gasteiger partial charge in [-0.2, -0.15) is 12.6 Å². The van der Waals surface area contributed by atoms with E-state index in [0.717, 1.165) is 11.1 Å². The molecule has 2 unspecified atom stereocenters. The van der Waals surface area contributed by atoms with Crippen molar-refractivity contribution in [2.24, 2.45) is 16.9 Å². The molecule has 1 aromatic carbocycles. The Hall–Kier alpha value is -1.61. The molecule has 0 fully saturated rings. The van der Waals surface area contributed by atoms with Gasteiger partial charge < -0.3 is 26.8 Å². The fourth-order valence-corrected chi connectivity index (χ4v) is 2.56. The maximum Gasteiger partial charge on any atom is 0.242 e. The molecule has 0 aliphatic carbocycles. The van der Waals surface area contributed by atoms with E-state index >= 15 is 0 Å². The molecule has 0 aliphatic rings. The number of nitrogens with two attached hydrogens (primary N) is 2. The number of amides is 2. The van der Waals surface area contributed by atoms with Gasteiger partial charge in [0.2, 0.25) is 11.8 Å². The van der Waals surface area contributed by atoms with Crippen molar-refractivity contribution >= 4 is 24.4 Å². The molecule has 1 rings (SSSR count). The van der Waals surface area contributed by atoms with Gasteiger partial charge in [0.15, 0.2) is 0 Å². The van der Waals surface area contributed by atoms with Crippen LogP contribution in [-0.4, -0.2) is 48.9 Å². The molecule has 0 aromatic heterocycles. The Morgan fingerprint density at radius 1 is 1.00 bits per heavy atom. The Morgan fingerprint density at radius 2 is 1.52 bits per heavy atom. The summed E-state index contributed by atoms with van der Waals surface area (Å²) in [6.45, 7) is 17.8. The number of benzene rings is 1. The highest BCUT2D eigenvalue weighted by molar-refractivity contribution is 7.81. The molecule has 1 aromatic rings. The van der Waals surface area contributed by atoms with Crippen LogP contribution in [0.1, 0.15) is 66.5 Å². The second-order valence-electron chi connectivity index (χ2n) is 8.56. The summed E-state index contributed by atoms with van der Waals surface area (Å²) in [5, 5.41) is 5.61. The Kier molecular flexibility index (Phi) is 18.1. The van der Waals surface area contributed by atoms with E-state index in [-0.39, 0.29) is 28.4 Å². The Balaban J connectivity index is 0. The van der Waals surface area contributed by atoms with Crippen molar-refractivity contribution in [3.63, 3.8) is 0 Å². The van der Waals surface area contributed by atoms with Crippen molar-refractivity contribution in [2.75, 3.05) is 26.3 Å². The van der Waals surface area contributed by atoms with Crippen molar-refractivity contribution in [2.45, 2.75) is 79.1 Å². The lowest BCUT2D eigenvalue weighted by Gasteiger charge is -2.28. The molecule has 0 saturated carbocycles. The van der Waals surface area contributed by atoms with E-state index in [1.165, 1.54) is 0 Å². The third-order valence-corrected chi connectivity index (χ3v) is 4.79. The van der Waals surface area contributed by atoms with Crippen LogP contribution in [0, 0.1) is 5.41 Å². The number of carbonyl (C=O) groups excluding carboxylic acids is 2. The fraction of sp³-hybridized carbons (Fsp3) is 0.680. The van der Waals surface area contributed by atoms with Gasteiger partial charge in [0.1, 0.15) is 6.04 Å². The molecule has 2 amide bonds. The van der Waals surface area contributed by atoms with Crippen molar-refractivity contribution in [3.8, 4) is 0 Å². The minimum absolute atomic E-state index is 0.203. The van der Waals surface area contributed by atoms with Crippen LogP contribution in [0.5, 0.6) is 0 Å². The zero-order valence-corrected chi connectivity index (χ0v) is 22.9. The van der Waals surface area contributed by atoms with Crippen LogP contribution in [0.3, 0.4) is 0 Å². The highest BCUT2D eigenvalue weighted by Crippen LogP contribution is 2.17. The van der Waals surface area contributed by atoms with Gasteiger partial charge in [-0.3, -0.25) is 9.59 Å². The molecule has 8 heteroatoms. The predicted octanol–water partition coefficient (Wildman–Crippen LogP) is 3.05. The molecule has 0 heterocycles. The van der Waals surface area contributed by atoms with Crippen LogP contribution in [-0.2, 0) is 27.3 Å². The molecular weight excluding hydrogens is 436 g/mol. The van der Waals surface area contributed by atoms with E-state index < -0.39 is 6.04 Å². The van der Waals surface area contributed by atoms with E-state index in [1.54, 1.807) is 6.92 Å². The molecule has 192 valence electrons. The first-order chi connectivity index (χ1) is 15.5. The first-order valence-electron chi connectivity index (χ1n) is 11.8. The summed E-state index contributed by atoms with van der Waals surface area (Å²) in [6, 6.07) is 6.91. The number of thiol groups is 1. The van der Waals surface area contributed by atoms with Gasteiger partial charge in [-0.15, -0.1) is 0 Å². The second kappa shape index (κ2) is 17.8. The Labute approximate surface area is 207 Å². The summed E-state index contributed by atoms with van der Waals surface area (Å²) in [5.74, 6) is -0.434. The smallest absolute Gasteiger partial charge is 0.242 e. The van der Waals surface area contributed by atoms with Crippen molar-refractivity contribution < 1.29 is 14.3 Å². The summed E-state index contributed by atoms with van der Waals surface area (Å²) in [4.78, 5) is 24.5. The number of ether oxygens (including phenoxy) is 1. The fourth-order valence-electron chi connectivity index (χ4n) is 2.47. The molecule has 0 bridgehead atoms. The molecule has 0 radical (unpaired) electrons. The van der Waals surface area contributed by atoms with Gasteiger partial charge in [0, 0.05) is 29.8 Å². The normalized spacial score (nSPS) is 13.3. The lowest BCUT2D eigenvalue weighted by molar-refractivity contribution is -0.128. The minimum atomic E-state index is -0.625. The standard InChI is InChI=1S/C21H36N4O3S.2C2H6/c1-15(25-18(26)9-16-5-7-17(10-22)8-6-16)19(27)24-12-20(2,3)13-28-14-21(4,29)11-23;2*1-2/h5-8,15,29H,9-14,22-23H2,1-4H3,(H,24,27)(H,25,26);2*1-2H3. The number of hydrogen-bond acceptors (Lipinski definition) is 6. The van der Waals surface area contributed by atoms with E-state index in [4.69, 9.17) is 16.2 Å². The molecule has 0 spiro atoms. The van der Waals surface area contributed by atoms with Gasteiger partial charge in [0.05, 0.1) is 19.6 Å². The lowest BCUT2D eigenvalue weighted by Crippen LogP contribution is -2.48. The zero-order valence-electron chi connectivity index (χ0n) is 22.0. The van der Waals surface area contributed by atoms with E-state index in [1.807, 2.05) is 72.7 Å².